The zero-order valence-corrected chi connectivity index (χ0v) is 24.0. The lowest BCUT2D eigenvalue weighted by Crippen LogP contribution is -2.39. The number of para-hydroxylation sites is 2. The van der Waals surface area contributed by atoms with Gasteiger partial charge in [0.15, 0.2) is 11.4 Å². The van der Waals surface area contributed by atoms with E-state index in [9.17, 15) is 9.90 Å². The second-order valence-electron chi connectivity index (χ2n) is 10.1. The van der Waals surface area contributed by atoms with Gasteiger partial charge in [0.05, 0.1) is 48.9 Å². The van der Waals surface area contributed by atoms with Crippen molar-refractivity contribution < 1.29 is 19.4 Å². The molecule has 0 saturated carbocycles. The minimum atomic E-state index is -0.746. The smallest absolute Gasteiger partial charge is 0.275 e. The second kappa shape index (κ2) is 12.2. The number of halogens is 2. The first-order chi connectivity index (χ1) is 20.4. The van der Waals surface area contributed by atoms with Gasteiger partial charge < -0.3 is 24.5 Å². The van der Waals surface area contributed by atoms with E-state index in [0.29, 0.717) is 28.4 Å². The molecule has 2 aromatic heterocycles. The minimum Gasteiger partial charge on any atom is -0.392 e. The summed E-state index contributed by atoms with van der Waals surface area (Å²) in [7, 11) is 0. The van der Waals surface area contributed by atoms with Gasteiger partial charge in [-0.25, -0.2) is 9.97 Å². The molecule has 4 unspecified atom stereocenters. The molecule has 1 aliphatic rings. The van der Waals surface area contributed by atoms with Crippen LogP contribution in [0.5, 0.6) is 0 Å². The summed E-state index contributed by atoms with van der Waals surface area (Å²) < 4.78 is 14.8. The molecular formula is C31H27Cl2N5O4. The van der Waals surface area contributed by atoms with Crippen LogP contribution in [0.15, 0.2) is 85.3 Å². The first-order valence-corrected chi connectivity index (χ1v) is 14.1. The number of nitrogens with zero attached hydrogens (tertiary/aromatic N) is 4. The molecule has 0 aliphatic carbocycles. The summed E-state index contributed by atoms with van der Waals surface area (Å²) >= 11 is 12.5. The van der Waals surface area contributed by atoms with Gasteiger partial charge in [-0.1, -0.05) is 78.7 Å². The maximum Gasteiger partial charge on any atom is 0.275 e. The van der Waals surface area contributed by atoms with Crippen molar-refractivity contribution in [2.24, 2.45) is 5.92 Å². The Balaban J connectivity index is 1.27. The molecule has 1 aliphatic heterocycles. The highest BCUT2D eigenvalue weighted by molar-refractivity contribution is 6.40. The zero-order valence-electron chi connectivity index (χ0n) is 22.5. The Morgan fingerprint density at radius 2 is 1.76 bits per heavy atom. The molecule has 1 fully saturated rings. The number of anilines is 1. The van der Waals surface area contributed by atoms with Crippen LogP contribution in [0.3, 0.4) is 0 Å². The molecular weight excluding hydrogens is 577 g/mol. The van der Waals surface area contributed by atoms with Crippen LogP contribution in [0.4, 0.5) is 5.69 Å². The van der Waals surface area contributed by atoms with Gasteiger partial charge in [-0.05, 0) is 35.4 Å². The second-order valence-corrected chi connectivity index (χ2v) is 10.8. The van der Waals surface area contributed by atoms with Crippen LogP contribution in [-0.4, -0.2) is 36.6 Å². The molecule has 6 rings (SSSR count). The van der Waals surface area contributed by atoms with E-state index in [-0.39, 0.29) is 41.5 Å². The van der Waals surface area contributed by atoms with Crippen LogP contribution < -0.4 is 5.32 Å². The van der Waals surface area contributed by atoms with Crippen molar-refractivity contribution in [1.82, 2.24) is 19.5 Å². The molecule has 2 N–H and O–H groups in total. The van der Waals surface area contributed by atoms with E-state index >= 15 is 0 Å². The molecule has 0 bridgehead atoms. The molecule has 1 saturated heterocycles. The number of fused-ring (bicyclic) bond motifs is 1. The average Bonchev–Trinajstić information content (AvgIpc) is 3.34. The fourth-order valence-electron chi connectivity index (χ4n) is 5.02. The Morgan fingerprint density at radius 1 is 0.976 bits per heavy atom. The number of rotatable bonds is 7. The Kier molecular flexibility index (Phi) is 8.19. The monoisotopic (exact) mass is 603 g/mol. The topological polar surface area (TPSA) is 111 Å². The number of imidazole rings is 1. The van der Waals surface area contributed by atoms with Gasteiger partial charge in [-0.2, -0.15) is 0 Å². The number of carbonyl (C=O) groups excluding carboxylic acids is 1. The lowest BCUT2D eigenvalue weighted by atomic mass is 9.90. The molecule has 214 valence electrons. The number of aromatic nitrogens is 4. The standard InChI is InChI=1S/C31H27Cl2N5O4/c1-18-26(15-38-17-35-28(32)29(38)33)41-31(42-27(18)20-11-9-19(16-39)10-12-20)21-5-4-6-22(13-21)36-30(40)25-14-34-23-7-2-3-8-24(23)37-25/h2-14,17-18,26-27,31,39H,15-16H2,1H3,(H,36,40). The number of ether oxygens (including phenoxy) is 2. The Morgan fingerprint density at radius 3 is 2.50 bits per heavy atom. The summed E-state index contributed by atoms with van der Waals surface area (Å²) in [6, 6.07) is 22.4. The van der Waals surface area contributed by atoms with Crippen molar-refractivity contribution in [2.45, 2.75) is 38.6 Å². The van der Waals surface area contributed by atoms with Crippen LogP contribution >= 0.6 is 23.2 Å². The largest absolute Gasteiger partial charge is 0.392 e. The van der Waals surface area contributed by atoms with Crippen molar-refractivity contribution in [3.05, 3.63) is 118 Å². The Hall–Kier alpha value is -3.86. The first-order valence-electron chi connectivity index (χ1n) is 13.4. The molecule has 1 amide bonds. The van der Waals surface area contributed by atoms with Gasteiger partial charge in [-0.15, -0.1) is 0 Å². The van der Waals surface area contributed by atoms with Gasteiger partial charge in [0.25, 0.3) is 5.91 Å². The molecule has 11 heteroatoms. The van der Waals surface area contributed by atoms with Gasteiger partial charge in [0.2, 0.25) is 0 Å². The van der Waals surface area contributed by atoms with Crippen LogP contribution in [0.25, 0.3) is 11.0 Å². The van der Waals surface area contributed by atoms with Crippen molar-refractivity contribution in [3.8, 4) is 0 Å². The van der Waals surface area contributed by atoms with E-state index in [1.54, 1.807) is 17.0 Å². The molecule has 42 heavy (non-hydrogen) atoms. The molecule has 0 spiro atoms. The van der Waals surface area contributed by atoms with Gasteiger partial charge in [-0.3, -0.25) is 9.78 Å². The molecule has 5 aromatic rings. The minimum absolute atomic E-state index is 0.0428. The molecule has 3 aromatic carbocycles. The van der Waals surface area contributed by atoms with E-state index in [1.165, 1.54) is 6.20 Å². The number of benzene rings is 3. The normalized spacial score (nSPS) is 20.5. The van der Waals surface area contributed by atoms with Crippen LogP contribution in [0.1, 0.15) is 46.5 Å². The van der Waals surface area contributed by atoms with Crippen molar-refractivity contribution >= 4 is 45.8 Å². The van der Waals surface area contributed by atoms with Gasteiger partial charge in [0.1, 0.15) is 10.8 Å². The number of hydrogen-bond acceptors (Lipinski definition) is 7. The summed E-state index contributed by atoms with van der Waals surface area (Å²) in [4.78, 5) is 25.9. The van der Waals surface area contributed by atoms with Crippen molar-refractivity contribution in [3.63, 3.8) is 0 Å². The quantitative estimate of drug-likeness (QED) is 0.222. The highest BCUT2D eigenvalue weighted by Crippen LogP contribution is 2.42. The highest BCUT2D eigenvalue weighted by Gasteiger charge is 2.39. The third-order valence-electron chi connectivity index (χ3n) is 7.33. The summed E-state index contributed by atoms with van der Waals surface area (Å²) in [5.41, 5.74) is 4.61. The van der Waals surface area contributed by atoms with E-state index < -0.39 is 6.29 Å². The number of aliphatic hydroxyl groups excluding tert-OH is 1. The number of amides is 1. The summed E-state index contributed by atoms with van der Waals surface area (Å²) in [5, 5.41) is 13.0. The third kappa shape index (κ3) is 5.88. The Labute approximate surface area is 252 Å². The van der Waals surface area contributed by atoms with Gasteiger partial charge >= 0.3 is 0 Å². The van der Waals surface area contributed by atoms with E-state index in [4.69, 9.17) is 32.7 Å². The van der Waals surface area contributed by atoms with E-state index in [2.05, 4.69) is 27.2 Å². The number of aliphatic hydroxyl groups is 1. The summed E-state index contributed by atoms with van der Waals surface area (Å²) in [6.45, 7) is 2.42. The number of hydrogen-bond donors (Lipinski definition) is 2. The van der Waals surface area contributed by atoms with Crippen LogP contribution in [0, 0.1) is 5.92 Å². The first kappa shape index (κ1) is 28.3. The lowest BCUT2D eigenvalue weighted by Gasteiger charge is -2.41. The average molecular weight is 604 g/mol. The summed E-state index contributed by atoms with van der Waals surface area (Å²) in [6.07, 6.45) is 1.65. The molecule has 0 radical (unpaired) electrons. The highest BCUT2D eigenvalue weighted by atomic mass is 35.5. The van der Waals surface area contributed by atoms with E-state index in [0.717, 1.165) is 16.7 Å². The predicted octanol–water partition coefficient (Wildman–Crippen LogP) is 6.37. The van der Waals surface area contributed by atoms with Crippen molar-refractivity contribution in [2.75, 3.05) is 5.32 Å². The fraction of sp³-hybridized carbons (Fsp3) is 0.226. The SMILES string of the molecule is CC1C(Cn2cnc(Cl)c2Cl)OC(c2cccc(NC(=O)c3cnc4ccccc4n3)c2)OC1c1ccc(CO)cc1. The maximum atomic E-state index is 13.0. The fourth-order valence-corrected chi connectivity index (χ4v) is 5.33. The summed E-state index contributed by atoms with van der Waals surface area (Å²) in [5.74, 6) is -0.455. The third-order valence-corrected chi connectivity index (χ3v) is 8.10. The predicted molar refractivity (Wildman–Crippen MR) is 159 cm³/mol. The maximum absolute atomic E-state index is 13.0. The molecule has 9 nitrogen and oxygen atoms in total. The van der Waals surface area contributed by atoms with Crippen LogP contribution in [-0.2, 0) is 22.6 Å². The van der Waals surface area contributed by atoms with E-state index in [1.807, 2.05) is 66.7 Å². The zero-order chi connectivity index (χ0) is 29.2. The van der Waals surface area contributed by atoms with Gasteiger partial charge in [0, 0.05) is 17.2 Å². The molecule has 4 atom stereocenters. The Bertz CT molecular complexity index is 1730. The van der Waals surface area contributed by atoms with Crippen LogP contribution in [0.2, 0.25) is 10.3 Å². The number of nitrogens with one attached hydrogen (secondary N) is 1. The molecule has 3 heterocycles. The number of carbonyl (C=O) groups is 1. The van der Waals surface area contributed by atoms with Crippen molar-refractivity contribution in [1.29, 1.82) is 0 Å². The lowest BCUT2D eigenvalue weighted by molar-refractivity contribution is -0.276.